The molecule has 0 atom stereocenters. The molecule has 0 saturated heterocycles. The molecule has 0 bridgehead atoms. The molecule has 2 rings (SSSR count). The Morgan fingerprint density at radius 1 is 1.41 bits per heavy atom. The summed E-state index contributed by atoms with van der Waals surface area (Å²) in [5, 5.41) is 13.9. The predicted molar refractivity (Wildman–Crippen MR) is 60.7 cm³/mol. The van der Waals surface area contributed by atoms with Crippen LogP contribution >= 0.6 is 0 Å². The van der Waals surface area contributed by atoms with Gasteiger partial charge in [0.2, 0.25) is 0 Å². The lowest BCUT2D eigenvalue weighted by atomic mass is 10.3. The van der Waals surface area contributed by atoms with Crippen LogP contribution in [0.2, 0.25) is 0 Å². The van der Waals surface area contributed by atoms with Gasteiger partial charge in [0.25, 0.3) is 0 Å². The van der Waals surface area contributed by atoms with E-state index < -0.39 is 17.5 Å². The minimum absolute atomic E-state index is 0.474. The van der Waals surface area contributed by atoms with Crippen molar-refractivity contribution in [2.45, 2.75) is 25.3 Å². The topological polar surface area (TPSA) is 91.3 Å². The Hall–Kier alpha value is -2.11. The normalized spacial score (nSPS) is 16.1. The fourth-order valence-electron chi connectivity index (χ4n) is 1.52. The first kappa shape index (κ1) is 11.4. The maximum Gasteiger partial charge on any atom is 0.329 e. The van der Waals surface area contributed by atoms with Gasteiger partial charge < -0.3 is 15.7 Å². The van der Waals surface area contributed by atoms with Gasteiger partial charge in [-0.25, -0.2) is 9.59 Å². The highest BCUT2D eigenvalue weighted by molar-refractivity contribution is 5.95. The van der Waals surface area contributed by atoms with Gasteiger partial charge in [-0.05, 0) is 31.4 Å². The van der Waals surface area contributed by atoms with Crippen molar-refractivity contribution in [3.05, 3.63) is 24.0 Å². The Balaban J connectivity index is 1.96. The van der Waals surface area contributed by atoms with E-state index in [4.69, 9.17) is 5.11 Å². The molecule has 90 valence electrons. The van der Waals surface area contributed by atoms with E-state index in [1.54, 1.807) is 12.3 Å². The largest absolute Gasteiger partial charge is 0.480 e. The number of nitrogens with zero attached hydrogens (tertiary/aromatic N) is 1. The van der Waals surface area contributed by atoms with E-state index >= 15 is 0 Å². The number of carbonyl (C=O) groups excluding carboxylic acids is 1. The molecule has 0 aromatic carbocycles. The van der Waals surface area contributed by atoms with Crippen molar-refractivity contribution >= 4 is 17.7 Å². The third-order valence-corrected chi connectivity index (χ3v) is 2.65. The molecular formula is C11H13N3O3. The van der Waals surface area contributed by atoms with Crippen LogP contribution in [0.15, 0.2) is 18.5 Å². The maximum absolute atomic E-state index is 11.6. The Morgan fingerprint density at radius 3 is 2.65 bits per heavy atom. The average Bonchev–Trinajstić information content (AvgIpc) is 2.98. The zero-order valence-corrected chi connectivity index (χ0v) is 9.36. The number of nitrogens with one attached hydrogen (secondary N) is 2. The quantitative estimate of drug-likeness (QED) is 0.732. The molecule has 1 fully saturated rings. The molecule has 0 spiro atoms. The highest BCUT2D eigenvalue weighted by atomic mass is 16.4. The Labute approximate surface area is 98.1 Å². The van der Waals surface area contributed by atoms with Gasteiger partial charge in [0.15, 0.2) is 0 Å². The van der Waals surface area contributed by atoms with Crippen molar-refractivity contribution < 1.29 is 14.7 Å². The second-order valence-electron chi connectivity index (χ2n) is 4.22. The van der Waals surface area contributed by atoms with E-state index in [2.05, 4.69) is 15.6 Å². The lowest BCUT2D eigenvalue weighted by Gasteiger charge is -2.13. The number of aromatic nitrogens is 1. The molecule has 6 nitrogen and oxygen atoms in total. The number of carboxylic acids is 1. The summed E-state index contributed by atoms with van der Waals surface area (Å²) in [6.45, 7) is 1.86. The first-order valence-electron chi connectivity index (χ1n) is 5.26. The van der Waals surface area contributed by atoms with Crippen molar-refractivity contribution in [3.8, 4) is 0 Å². The summed E-state index contributed by atoms with van der Waals surface area (Å²) in [6.07, 6.45) is 4.12. The third-order valence-electron chi connectivity index (χ3n) is 2.65. The number of amides is 2. The maximum atomic E-state index is 11.6. The SMILES string of the molecule is Cc1cncc(NC(=O)NC2(C(=O)O)CC2)c1. The van der Waals surface area contributed by atoms with E-state index in [-0.39, 0.29) is 0 Å². The second kappa shape index (κ2) is 4.04. The number of hydrogen-bond acceptors (Lipinski definition) is 3. The van der Waals surface area contributed by atoms with Crippen LogP contribution in [-0.4, -0.2) is 27.6 Å². The number of hydrogen-bond donors (Lipinski definition) is 3. The van der Waals surface area contributed by atoms with E-state index in [0.717, 1.165) is 5.56 Å². The van der Waals surface area contributed by atoms with Crippen LogP contribution in [0.1, 0.15) is 18.4 Å². The van der Waals surface area contributed by atoms with Gasteiger partial charge in [0.1, 0.15) is 5.54 Å². The molecule has 1 heterocycles. The van der Waals surface area contributed by atoms with E-state index in [1.807, 2.05) is 6.92 Å². The van der Waals surface area contributed by atoms with Crippen LogP contribution < -0.4 is 10.6 Å². The van der Waals surface area contributed by atoms with Gasteiger partial charge in [-0.3, -0.25) is 4.98 Å². The van der Waals surface area contributed by atoms with Crippen LogP contribution in [0.3, 0.4) is 0 Å². The predicted octanol–water partition coefficient (Wildman–Crippen LogP) is 1.13. The zero-order chi connectivity index (χ0) is 12.5. The third kappa shape index (κ3) is 2.52. The fourth-order valence-corrected chi connectivity index (χ4v) is 1.52. The highest BCUT2D eigenvalue weighted by Crippen LogP contribution is 2.35. The lowest BCUT2D eigenvalue weighted by molar-refractivity contribution is -0.140. The molecule has 6 heteroatoms. The molecule has 0 aliphatic heterocycles. The summed E-state index contributed by atoms with van der Waals surface area (Å²) in [6, 6.07) is 1.24. The lowest BCUT2D eigenvalue weighted by Crippen LogP contribution is -2.45. The molecule has 1 aromatic rings. The number of carbonyl (C=O) groups is 2. The summed E-state index contributed by atoms with van der Waals surface area (Å²) in [4.78, 5) is 26.4. The second-order valence-corrected chi connectivity index (χ2v) is 4.22. The summed E-state index contributed by atoms with van der Waals surface area (Å²) in [7, 11) is 0. The van der Waals surface area contributed by atoms with Gasteiger partial charge >= 0.3 is 12.0 Å². The van der Waals surface area contributed by atoms with Crippen molar-refractivity contribution in [1.82, 2.24) is 10.3 Å². The van der Waals surface area contributed by atoms with Gasteiger partial charge in [-0.1, -0.05) is 0 Å². The van der Waals surface area contributed by atoms with Crippen molar-refractivity contribution in [2.24, 2.45) is 0 Å². The minimum atomic E-state index is -1.07. The molecule has 1 aromatic heterocycles. The molecule has 1 aliphatic carbocycles. The summed E-state index contributed by atoms with van der Waals surface area (Å²) in [5.74, 6) is -0.991. The van der Waals surface area contributed by atoms with Gasteiger partial charge in [0, 0.05) is 6.20 Å². The summed E-state index contributed by atoms with van der Waals surface area (Å²) < 4.78 is 0. The van der Waals surface area contributed by atoms with Crippen molar-refractivity contribution in [2.75, 3.05) is 5.32 Å². The number of pyridine rings is 1. The average molecular weight is 235 g/mol. The number of carboxylic acid groups (broad SMARTS) is 1. The van der Waals surface area contributed by atoms with Crippen LogP contribution in [0, 0.1) is 6.92 Å². The van der Waals surface area contributed by atoms with Crippen LogP contribution in [0.25, 0.3) is 0 Å². The van der Waals surface area contributed by atoms with Gasteiger partial charge in [0.05, 0.1) is 11.9 Å². The van der Waals surface area contributed by atoms with Crippen LogP contribution in [0.4, 0.5) is 10.5 Å². The number of urea groups is 1. The molecule has 1 aliphatic rings. The van der Waals surface area contributed by atoms with Gasteiger partial charge in [-0.2, -0.15) is 0 Å². The van der Waals surface area contributed by atoms with Crippen molar-refractivity contribution in [1.29, 1.82) is 0 Å². The number of rotatable bonds is 3. The first-order chi connectivity index (χ1) is 8.02. The van der Waals surface area contributed by atoms with Gasteiger partial charge in [-0.15, -0.1) is 0 Å². The molecule has 2 amide bonds. The molecule has 17 heavy (non-hydrogen) atoms. The van der Waals surface area contributed by atoms with E-state index in [1.165, 1.54) is 6.20 Å². The zero-order valence-electron chi connectivity index (χ0n) is 9.36. The van der Waals surface area contributed by atoms with E-state index in [9.17, 15) is 9.59 Å². The molecular weight excluding hydrogens is 222 g/mol. The van der Waals surface area contributed by atoms with Crippen molar-refractivity contribution in [3.63, 3.8) is 0 Å². The monoisotopic (exact) mass is 235 g/mol. The minimum Gasteiger partial charge on any atom is -0.480 e. The molecule has 0 radical (unpaired) electrons. The smallest absolute Gasteiger partial charge is 0.329 e. The first-order valence-corrected chi connectivity index (χ1v) is 5.26. The molecule has 0 unspecified atom stereocenters. The standard InChI is InChI=1S/C11H13N3O3/c1-7-4-8(6-12-5-7)13-10(17)14-11(2-3-11)9(15)16/h4-6H,2-3H2,1H3,(H,15,16)(H2,13,14,17). The Bertz CT molecular complexity index is 469. The molecule has 3 N–H and O–H groups in total. The molecule has 1 saturated carbocycles. The Morgan fingerprint density at radius 2 is 2.12 bits per heavy atom. The number of aliphatic carboxylic acids is 1. The highest BCUT2D eigenvalue weighted by Gasteiger charge is 2.51. The van der Waals surface area contributed by atoms with Crippen LogP contribution in [0.5, 0.6) is 0 Å². The summed E-state index contributed by atoms with van der Waals surface area (Å²) in [5.41, 5.74) is 0.396. The number of anilines is 1. The van der Waals surface area contributed by atoms with E-state index in [0.29, 0.717) is 18.5 Å². The number of aryl methyl sites for hydroxylation is 1. The summed E-state index contributed by atoms with van der Waals surface area (Å²) >= 11 is 0. The Kier molecular flexibility index (Phi) is 2.71. The van der Waals surface area contributed by atoms with Crippen LogP contribution in [-0.2, 0) is 4.79 Å². The fraction of sp³-hybridized carbons (Fsp3) is 0.364.